The van der Waals surface area contributed by atoms with E-state index in [-0.39, 0.29) is 30.4 Å². The molecule has 9 nitrogen and oxygen atoms in total. The van der Waals surface area contributed by atoms with E-state index >= 15 is 0 Å². The minimum absolute atomic E-state index is 0.0375. The molecule has 3 amide bonds. The number of amides is 3. The molecule has 3 N–H and O–H groups in total. The SMILES string of the molecule is CCOc1ccc(NC(=O)[C@H]2[C@H]3C(=O)N([C@H](CO)c4ccccc4)C(C(=O)NC4CCCCC4)C34CC[C@]2(CC)O4)cc1. The Balaban J connectivity index is 1.37. The zero-order chi connectivity index (χ0) is 30.2. The van der Waals surface area contributed by atoms with Crippen LogP contribution in [0.25, 0.3) is 0 Å². The van der Waals surface area contributed by atoms with Crippen LogP contribution in [0.2, 0.25) is 0 Å². The zero-order valence-electron chi connectivity index (χ0n) is 25.1. The van der Waals surface area contributed by atoms with E-state index in [0.717, 1.165) is 37.7 Å². The number of aliphatic hydroxyl groups is 1. The van der Waals surface area contributed by atoms with Crippen LogP contribution in [0.1, 0.15) is 76.8 Å². The van der Waals surface area contributed by atoms with Gasteiger partial charge < -0.3 is 30.1 Å². The van der Waals surface area contributed by atoms with Gasteiger partial charge in [-0.3, -0.25) is 14.4 Å². The molecule has 3 heterocycles. The van der Waals surface area contributed by atoms with E-state index in [0.29, 0.717) is 37.3 Å². The van der Waals surface area contributed by atoms with Crippen molar-refractivity contribution in [2.75, 3.05) is 18.5 Å². The van der Waals surface area contributed by atoms with E-state index in [1.54, 1.807) is 29.2 Å². The number of hydrogen-bond donors (Lipinski definition) is 3. The Morgan fingerprint density at radius 1 is 1.02 bits per heavy atom. The van der Waals surface area contributed by atoms with Crippen molar-refractivity contribution in [3.63, 3.8) is 0 Å². The Bertz CT molecular complexity index is 1330. The zero-order valence-corrected chi connectivity index (χ0v) is 25.1. The molecule has 43 heavy (non-hydrogen) atoms. The van der Waals surface area contributed by atoms with Crippen LogP contribution in [0.4, 0.5) is 5.69 Å². The van der Waals surface area contributed by atoms with Crippen LogP contribution in [0.5, 0.6) is 5.75 Å². The Hall–Kier alpha value is -3.43. The number of fused-ring (bicyclic) bond motifs is 1. The molecule has 2 aromatic carbocycles. The lowest BCUT2D eigenvalue weighted by atomic mass is 9.65. The number of hydrogen-bond acceptors (Lipinski definition) is 6. The Kier molecular flexibility index (Phi) is 8.22. The summed E-state index contributed by atoms with van der Waals surface area (Å²) < 4.78 is 12.4. The highest BCUT2D eigenvalue weighted by atomic mass is 16.5. The third kappa shape index (κ3) is 5.00. The van der Waals surface area contributed by atoms with Crippen LogP contribution in [0, 0.1) is 11.8 Å². The van der Waals surface area contributed by atoms with E-state index in [4.69, 9.17) is 9.47 Å². The molecule has 2 aromatic rings. The number of nitrogens with zero attached hydrogens (tertiary/aromatic N) is 1. The van der Waals surface area contributed by atoms with Gasteiger partial charge in [0.25, 0.3) is 0 Å². The van der Waals surface area contributed by atoms with E-state index in [2.05, 4.69) is 10.6 Å². The van der Waals surface area contributed by atoms with Gasteiger partial charge in [0.2, 0.25) is 17.7 Å². The van der Waals surface area contributed by atoms with Crippen molar-refractivity contribution in [2.45, 2.75) is 94.5 Å². The number of anilines is 1. The fourth-order valence-electron chi connectivity index (χ4n) is 8.27. The van der Waals surface area contributed by atoms with Crippen LogP contribution < -0.4 is 15.4 Å². The third-order valence-corrected chi connectivity index (χ3v) is 10.2. The first-order chi connectivity index (χ1) is 20.9. The summed E-state index contributed by atoms with van der Waals surface area (Å²) in [5.41, 5.74) is -0.676. The summed E-state index contributed by atoms with van der Waals surface area (Å²) in [6, 6.07) is 14.8. The molecule has 3 saturated heterocycles. The maximum absolute atomic E-state index is 14.7. The number of nitrogens with one attached hydrogen (secondary N) is 2. The summed E-state index contributed by atoms with van der Waals surface area (Å²) >= 11 is 0. The molecule has 230 valence electrons. The molecule has 0 aromatic heterocycles. The lowest BCUT2D eigenvalue weighted by molar-refractivity contribution is -0.150. The van der Waals surface area contributed by atoms with Gasteiger partial charge in [0.15, 0.2) is 0 Å². The Labute approximate surface area is 253 Å². The van der Waals surface area contributed by atoms with Crippen LogP contribution >= 0.6 is 0 Å². The molecule has 1 saturated carbocycles. The van der Waals surface area contributed by atoms with E-state index in [9.17, 15) is 19.5 Å². The Morgan fingerprint density at radius 3 is 2.40 bits per heavy atom. The molecule has 9 heteroatoms. The summed E-state index contributed by atoms with van der Waals surface area (Å²) in [5, 5.41) is 17.0. The smallest absolute Gasteiger partial charge is 0.246 e. The first kappa shape index (κ1) is 29.6. The van der Waals surface area contributed by atoms with Crippen molar-refractivity contribution in [1.82, 2.24) is 10.2 Å². The molecule has 2 unspecified atom stereocenters. The van der Waals surface area contributed by atoms with Gasteiger partial charge in [-0.25, -0.2) is 0 Å². The van der Waals surface area contributed by atoms with E-state index in [1.807, 2.05) is 44.2 Å². The van der Waals surface area contributed by atoms with Crippen LogP contribution in [0.15, 0.2) is 54.6 Å². The number of rotatable bonds is 10. The van der Waals surface area contributed by atoms with Gasteiger partial charge in [-0.15, -0.1) is 0 Å². The lowest BCUT2D eigenvalue weighted by Crippen LogP contribution is -2.57. The average Bonchev–Trinajstić information content (AvgIpc) is 3.63. The van der Waals surface area contributed by atoms with Gasteiger partial charge in [0, 0.05) is 11.7 Å². The standard InChI is InChI=1S/C34H43N3O6/c1-3-33-19-20-34(43-33)28(27(33)30(39)35-24-15-17-25(18-16-24)42-4-2)32(41)37(26(21-38)22-11-7-5-8-12-22)29(34)31(40)36-23-13-9-6-10-14-23/h5,7-8,11-12,15-18,23,26-29,38H,3-4,6,9-10,13-14,19-21H2,1-2H3,(H,35,39)(H,36,40)/t26-,27-,28+,29?,33+,34?/m1/s1. The van der Waals surface area contributed by atoms with E-state index < -0.39 is 35.1 Å². The molecule has 6 rings (SSSR count). The number of benzene rings is 2. The minimum Gasteiger partial charge on any atom is -0.494 e. The van der Waals surface area contributed by atoms with Crippen molar-refractivity contribution in [1.29, 1.82) is 0 Å². The molecule has 1 spiro atoms. The number of carbonyl (C=O) groups excluding carboxylic acids is 3. The molecule has 4 fully saturated rings. The second kappa shape index (κ2) is 11.9. The molecule has 0 radical (unpaired) electrons. The molecular weight excluding hydrogens is 546 g/mol. The normalized spacial score (nSPS) is 30.6. The third-order valence-electron chi connectivity index (χ3n) is 10.2. The number of ether oxygens (including phenoxy) is 2. The minimum atomic E-state index is -1.16. The summed E-state index contributed by atoms with van der Waals surface area (Å²) in [5.74, 6) is -1.78. The largest absolute Gasteiger partial charge is 0.494 e. The van der Waals surface area contributed by atoms with E-state index in [1.165, 1.54) is 0 Å². The number of aliphatic hydroxyl groups excluding tert-OH is 1. The highest BCUT2D eigenvalue weighted by Gasteiger charge is 2.79. The maximum Gasteiger partial charge on any atom is 0.246 e. The second-order valence-electron chi connectivity index (χ2n) is 12.5. The predicted molar refractivity (Wildman–Crippen MR) is 161 cm³/mol. The molecule has 2 bridgehead atoms. The topological polar surface area (TPSA) is 117 Å². The average molecular weight is 590 g/mol. The summed E-state index contributed by atoms with van der Waals surface area (Å²) in [4.78, 5) is 44.6. The summed E-state index contributed by atoms with van der Waals surface area (Å²) in [6.07, 6.45) is 6.67. The number of likely N-dealkylation sites (tertiary alicyclic amines) is 1. The molecule has 4 aliphatic rings. The second-order valence-corrected chi connectivity index (χ2v) is 12.5. The summed E-state index contributed by atoms with van der Waals surface area (Å²) in [7, 11) is 0. The van der Waals surface area contributed by atoms with Gasteiger partial charge in [-0.05, 0) is 68.9 Å². The van der Waals surface area contributed by atoms with Crippen molar-refractivity contribution < 1.29 is 29.0 Å². The first-order valence-electron chi connectivity index (χ1n) is 15.9. The van der Waals surface area contributed by atoms with Gasteiger partial charge in [0.1, 0.15) is 17.4 Å². The molecule has 6 atom stereocenters. The predicted octanol–water partition coefficient (Wildman–Crippen LogP) is 4.36. The van der Waals surface area contributed by atoms with Gasteiger partial charge in [-0.1, -0.05) is 56.5 Å². The van der Waals surface area contributed by atoms with Crippen LogP contribution in [0.3, 0.4) is 0 Å². The summed E-state index contributed by atoms with van der Waals surface area (Å²) in [6.45, 7) is 4.08. The lowest BCUT2D eigenvalue weighted by Gasteiger charge is -2.38. The van der Waals surface area contributed by atoms with Crippen molar-refractivity contribution in [2.24, 2.45) is 11.8 Å². The molecule has 1 aliphatic carbocycles. The van der Waals surface area contributed by atoms with Gasteiger partial charge >= 0.3 is 0 Å². The first-order valence-corrected chi connectivity index (χ1v) is 15.9. The van der Waals surface area contributed by atoms with Gasteiger partial charge in [0.05, 0.1) is 36.7 Å². The number of carbonyl (C=O) groups is 3. The maximum atomic E-state index is 14.7. The van der Waals surface area contributed by atoms with Crippen molar-refractivity contribution in [3.05, 3.63) is 60.2 Å². The van der Waals surface area contributed by atoms with Crippen LogP contribution in [-0.4, -0.2) is 64.2 Å². The van der Waals surface area contributed by atoms with Gasteiger partial charge in [-0.2, -0.15) is 0 Å². The highest BCUT2D eigenvalue weighted by molar-refractivity contribution is 6.02. The fourth-order valence-corrected chi connectivity index (χ4v) is 8.27. The monoisotopic (exact) mass is 589 g/mol. The quantitative estimate of drug-likeness (QED) is 0.379. The van der Waals surface area contributed by atoms with Crippen LogP contribution in [-0.2, 0) is 19.1 Å². The van der Waals surface area contributed by atoms with Crippen molar-refractivity contribution >= 4 is 23.4 Å². The van der Waals surface area contributed by atoms with Crippen molar-refractivity contribution in [3.8, 4) is 5.75 Å². The fraction of sp³-hybridized carbons (Fsp3) is 0.559. The molecule has 3 aliphatic heterocycles. The molecular formula is C34H43N3O6. The Morgan fingerprint density at radius 2 is 1.74 bits per heavy atom. The highest BCUT2D eigenvalue weighted by Crippen LogP contribution is 2.65.